The van der Waals surface area contributed by atoms with Crippen molar-refractivity contribution in [2.75, 3.05) is 0 Å². The highest BCUT2D eigenvalue weighted by Crippen LogP contribution is 2.14. The van der Waals surface area contributed by atoms with Gasteiger partial charge in [0.1, 0.15) is 0 Å². The summed E-state index contributed by atoms with van der Waals surface area (Å²) in [5.41, 5.74) is 3.52. The van der Waals surface area contributed by atoms with Gasteiger partial charge in [0.05, 0.1) is 17.1 Å². The topological polar surface area (TPSA) is 47.7 Å². The zero-order chi connectivity index (χ0) is 14.9. The van der Waals surface area contributed by atoms with Crippen LogP contribution < -0.4 is 5.32 Å². The lowest BCUT2D eigenvalue weighted by atomic mass is 10.1. The monoisotopic (exact) mass is 279 g/mol. The maximum absolute atomic E-state index is 13.8. The fourth-order valence-electron chi connectivity index (χ4n) is 2.17. The molecule has 6 heteroatoms. The normalized spacial score (nSPS) is 11.6. The van der Waals surface area contributed by atoms with E-state index >= 15 is 0 Å². The van der Waals surface area contributed by atoms with Gasteiger partial charge in [-0.15, -0.1) is 0 Å². The molecule has 0 aliphatic heterocycles. The van der Waals surface area contributed by atoms with E-state index in [-0.39, 0.29) is 5.95 Å². The van der Waals surface area contributed by atoms with Crippen molar-refractivity contribution in [2.45, 2.75) is 39.8 Å². The predicted molar refractivity (Wildman–Crippen MR) is 75.7 cm³/mol. The molecule has 20 heavy (non-hydrogen) atoms. The lowest BCUT2D eigenvalue weighted by Gasteiger charge is -2.04. The van der Waals surface area contributed by atoms with Gasteiger partial charge in [0.2, 0.25) is 5.95 Å². The molecule has 0 saturated heterocycles. The molecule has 2 aromatic heterocycles. The Balaban J connectivity index is 1.99. The molecule has 0 aromatic carbocycles. The number of halogens is 1. The van der Waals surface area contributed by atoms with Crippen molar-refractivity contribution >= 4 is 0 Å². The Morgan fingerprint density at radius 3 is 2.40 bits per heavy atom. The molecule has 2 aromatic rings. The molecule has 110 valence electrons. The van der Waals surface area contributed by atoms with E-state index < -0.39 is 0 Å². The number of aryl methyl sites for hydroxylation is 3. The zero-order valence-corrected chi connectivity index (χ0v) is 12.7. The maximum atomic E-state index is 13.8. The second-order valence-corrected chi connectivity index (χ2v) is 5.42. The molecule has 0 bridgehead atoms. The third-order valence-corrected chi connectivity index (χ3v) is 3.46. The summed E-state index contributed by atoms with van der Waals surface area (Å²) in [4.78, 5) is 0. The summed E-state index contributed by atoms with van der Waals surface area (Å²) in [5.74, 6) is 0.135. The Morgan fingerprint density at radius 1 is 1.20 bits per heavy atom. The van der Waals surface area contributed by atoms with E-state index in [1.165, 1.54) is 4.68 Å². The lowest BCUT2D eigenvalue weighted by molar-refractivity contribution is 0.488. The molecule has 1 N–H and O–H groups in total. The van der Waals surface area contributed by atoms with Gasteiger partial charge in [-0.2, -0.15) is 14.6 Å². The first-order chi connectivity index (χ1) is 9.40. The number of hydrogen-bond acceptors (Lipinski definition) is 3. The Morgan fingerprint density at radius 2 is 1.90 bits per heavy atom. The van der Waals surface area contributed by atoms with Crippen LogP contribution in [0.5, 0.6) is 0 Å². The van der Waals surface area contributed by atoms with E-state index in [2.05, 4.69) is 35.4 Å². The largest absolute Gasteiger partial charge is 0.307 e. The fraction of sp³-hybridized carbons (Fsp3) is 0.571. The van der Waals surface area contributed by atoms with Gasteiger partial charge in [0.25, 0.3) is 0 Å². The van der Waals surface area contributed by atoms with Crippen molar-refractivity contribution < 1.29 is 4.39 Å². The van der Waals surface area contributed by atoms with Crippen molar-refractivity contribution in [3.05, 3.63) is 34.7 Å². The van der Waals surface area contributed by atoms with E-state index in [1.54, 1.807) is 7.05 Å². The highest BCUT2D eigenvalue weighted by molar-refractivity contribution is 5.18. The van der Waals surface area contributed by atoms with Crippen molar-refractivity contribution in [2.24, 2.45) is 14.1 Å². The minimum Gasteiger partial charge on any atom is -0.307 e. The van der Waals surface area contributed by atoms with Crippen molar-refractivity contribution in [3.63, 3.8) is 0 Å². The molecule has 5 nitrogen and oxygen atoms in total. The van der Waals surface area contributed by atoms with Crippen LogP contribution in [0.1, 0.15) is 42.4 Å². The molecule has 0 spiro atoms. The average molecular weight is 279 g/mol. The minimum absolute atomic E-state index is 0.275. The highest BCUT2D eigenvalue weighted by atomic mass is 19.1. The second-order valence-electron chi connectivity index (χ2n) is 5.42. The molecular formula is C14H22FN5. The van der Waals surface area contributed by atoms with Gasteiger partial charge in [-0.3, -0.25) is 4.68 Å². The smallest absolute Gasteiger partial charge is 0.215 e. The van der Waals surface area contributed by atoms with Crippen molar-refractivity contribution in [1.29, 1.82) is 0 Å². The lowest BCUT2D eigenvalue weighted by Crippen LogP contribution is -2.16. The van der Waals surface area contributed by atoms with Crippen LogP contribution in [0.25, 0.3) is 0 Å². The fourth-order valence-corrected chi connectivity index (χ4v) is 2.17. The summed E-state index contributed by atoms with van der Waals surface area (Å²) in [7, 11) is 3.54. The van der Waals surface area contributed by atoms with Crippen LogP contribution >= 0.6 is 0 Å². The van der Waals surface area contributed by atoms with E-state index in [0.717, 1.165) is 17.1 Å². The first-order valence-corrected chi connectivity index (χ1v) is 6.81. The van der Waals surface area contributed by atoms with Gasteiger partial charge < -0.3 is 5.32 Å². The van der Waals surface area contributed by atoms with Crippen LogP contribution in [0.4, 0.5) is 4.39 Å². The van der Waals surface area contributed by atoms with Crippen LogP contribution in [0.3, 0.4) is 0 Å². The van der Waals surface area contributed by atoms with Crippen LogP contribution in [-0.2, 0) is 27.2 Å². The summed E-state index contributed by atoms with van der Waals surface area (Å²) in [6.45, 7) is 7.18. The molecular weight excluding hydrogens is 257 g/mol. The molecule has 0 atom stereocenters. The van der Waals surface area contributed by atoms with Crippen LogP contribution in [0.15, 0.2) is 6.07 Å². The van der Waals surface area contributed by atoms with Gasteiger partial charge in [-0.1, -0.05) is 13.8 Å². The molecule has 2 heterocycles. The molecule has 0 fully saturated rings. The Bertz CT molecular complexity index is 597. The third-order valence-electron chi connectivity index (χ3n) is 3.46. The van der Waals surface area contributed by atoms with Crippen molar-refractivity contribution in [1.82, 2.24) is 24.9 Å². The van der Waals surface area contributed by atoms with E-state index in [9.17, 15) is 4.39 Å². The standard InChI is InChI=1S/C14H22FN5/c1-9(2)13-6-11(19(4)18-13)7-16-8-12-10(3)17-20(5)14(12)15/h6,9,16H,7-8H2,1-5H3. The molecule has 2 rings (SSSR count). The van der Waals surface area contributed by atoms with E-state index in [4.69, 9.17) is 0 Å². The summed E-state index contributed by atoms with van der Waals surface area (Å²) in [6, 6.07) is 2.09. The molecule has 0 aliphatic rings. The summed E-state index contributed by atoms with van der Waals surface area (Å²) >= 11 is 0. The van der Waals surface area contributed by atoms with Crippen LogP contribution in [0, 0.1) is 12.9 Å². The second kappa shape index (κ2) is 5.75. The quantitative estimate of drug-likeness (QED) is 0.911. The first-order valence-electron chi connectivity index (χ1n) is 6.81. The van der Waals surface area contributed by atoms with Gasteiger partial charge in [0.15, 0.2) is 0 Å². The van der Waals surface area contributed by atoms with Crippen LogP contribution in [-0.4, -0.2) is 19.6 Å². The number of rotatable bonds is 5. The summed E-state index contributed by atoms with van der Waals surface area (Å²) in [6.07, 6.45) is 0. The summed E-state index contributed by atoms with van der Waals surface area (Å²) < 4.78 is 16.9. The van der Waals surface area contributed by atoms with Gasteiger partial charge in [0, 0.05) is 32.7 Å². The van der Waals surface area contributed by atoms with Gasteiger partial charge in [-0.05, 0) is 18.9 Å². The highest BCUT2D eigenvalue weighted by Gasteiger charge is 2.13. The summed E-state index contributed by atoms with van der Waals surface area (Å²) in [5, 5.41) is 11.8. The molecule has 0 unspecified atom stereocenters. The van der Waals surface area contributed by atoms with E-state index in [0.29, 0.717) is 24.6 Å². The average Bonchev–Trinajstić information content (AvgIpc) is 2.85. The Kier molecular flexibility index (Phi) is 4.23. The zero-order valence-electron chi connectivity index (χ0n) is 12.7. The molecule has 0 radical (unpaired) electrons. The maximum Gasteiger partial charge on any atom is 0.215 e. The molecule has 0 aliphatic carbocycles. The van der Waals surface area contributed by atoms with E-state index in [1.807, 2.05) is 18.7 Å². The molecule has 0 amide bonds. The van der Waals surface area contributed by atoms with Gasteiger partial charge in [-0.25, -0.2) is 4.68 Å². The minimum atomic E-state index is -0.275. The number of nitrogens with one attached hydrogen (secondary N) is 1. The predicted octanol–water partition coefficient (Wildman–Crippen LogP) is 2.01. The third kappa shape index (κ3) is 2.90. The number of hydrogen-bond donors (Lipinski definition) is 1. The SMILES string of the molecule is Cc1nn(C)c(F)c1CNCc1cc(C(C)C)nn1C. The first kappa shape index (κ1) is 14.7. The van der Waals surface area contributed by atoms with Gasteiger partial charge >= 0.3 is 0 Å². The van der Waals surface area contributed by atoms with Crippen LogP contribution in [0.2, 0.25) is 0 Å². The number of nitrogens with zero attached hydrogens (tertiary/aromatic N) is 4. The Labute approximate surface area is 118 Å². The Hall–Kier alpha value is -1.69. The number of aromatic nitrogens is 4. The molecule has 0 saturated carbocycles. The van der Waals surface area contributed by atoms with Crippen molar-refractivity contribution in [3.8, 4) is 0 Å².